The number of imidazole rings is 2. The average Bonchev–Trinajstić information content (AvgIpc) is 3.80. The third-order valence-corrected chi connectivity index (χ3v) is 11.1. The van der Waals surface area contributed by atoms with E-state index in [0.717, 1.165) is 6.33 Å². The molecule has 7 N–H and O–H groups in total. The van der Waals surface area contributed by atoms with Gasteiger partial charge in [-0.1, -0.05) is 0 Å². The molecule has 0 amide bonds. The lowest BCUT2D eigenvalue weighted by atomic mass is 10.0. The van der Waals surface area contributed by atoms with Crippen LogP contribution in [0, 0.1) is 0 Å². The van der Waals surface area contributed by atoms with Gasteiger partial charge in [-0.2, -0.15) is 4.98 Å². The molecule has 10 atom stereocenters. The second-order valence-electron chi connectivity index (χ2n) is 10.8. The Labute approximate surface area is 265 Å². The molecule has 246 valence electrons. The molecule has 0 aromatic carbocycles. The highest BCUT2D eigenvalue weighted by Crippen LogP contribution is 2.58. The summed E-state index contributed by atoms with van der Waals surface area (Å²) in [5.74, 6) is -0.0933. The highest BCUT2D eigenvalue weighted by atomic mass is 32.5. The van der Waals surface area contributed by atoms with Gasteiger partial charge in [-0.25, -0.2) is 24.3 Å². The summed E-state index contributed by atoms with van der Waals surface area (Å²) in [6, 6.07) is 0. The fourth-order valence-corrected chi connectivity index (χ4v) is 8.83. The van der Waals surface area contributed by atoms with Crippen LogP contribution in [0.15, 0.2) is 23.8 Å². The van der Waals surface area contributed by atoms with Crippen molar-refractivity contribution in [2.75, 3.05) is 31.3 Å². The van der Waals surface area contributed by atoms with Crippen LogP contribution in [0.1, 0.15) is 12.5 Å². The SMILES string of the molecule is Nc1nc2c(ncn2[C@@H]2O[C@@H]3COP(O)(=S)O[C@H]4[C@H]5OC[C@]4(COP(O)(=S)O[C@@H]2[C@@H]3F)O[C@H]5n2cnc3c(N)ncnc32)c(=O)[nH]1. The summed E-state index contributed by atoms with van der Waals surface area (Å²) in [6.07, 6.45) is -5.63. The van der Waals surface area contributed by atoms with Crippen molar-refractivity contribution in [1.29, 1.82) is 0 Å². The molecule has 46 heavy (non-hydrogen) atoms. The summed E-state index contributed by atoms with van der Waals surface area (Å²) >= 11 is 10.6. The van der Waals surface area contributed by atoms with Gasteiger partial charge in [0.2, 0.25) is 5.95 Å². The Balaban J connectivity index is 1.14. The van der Waals surface area contributed by atoms with Gasteiger partial charge in [0, 0.05) is 0 Å². The zero-order chi connectivity index (χ0) is 32.2. The van der Waals surface area contributed by atoms with Crippen LogP contribution < -0.4 is 17.0 Å². The van der Waals surface area contributed by atoms with E-state index in [9.17, 15) is 14.6 Å². The van der Waals surface area contributed by atoms with Gasteiger partial charge in [-0.3, -0.25) is 28.0 Å². The van der Waals surface area contributed by atoms with Crippen LogP contribution in [0.5, 0.6) is 0 Å². The molecule has 8 heterocycles. The number of nitrogens with two attached hydrogens (primary N) is 2. The maximum absolute atomic E-state index is 16.0. The first-order valence-corrected chi connectivity index (χ1v) is 18.6. The van der Waals surface area contributed by atoms with Gasteiger partial charge in [0.25, 0.3) is 5.56 Å². The number of nitrogens with zero attached hydrogens (tertiary/aromatic N) is 7. The van der Waals surface area contributed by atoms with E-state index in [0.29, 0.717) is 11.2 Å². The number of aromatic nitrogens is 8. The van der Waals surface area contributed by atoms with Crippen molar-refractivity contribution in [3.8, 4) is 0 Å². The minimum Gasteiger partial charge on any atom is -0.382 e. The number of aromatic amines is 1. The van der Waals surface area contributed by atoms with Crippen LogP contribution in [-0.4, -0.2) is 105 Å². The zero-order valence-electron chi connectivity index (χ0n) is 22.9. The normalized spacial score (nSPS) is 39.7. The zero-order valence-corrected chi connectivity index (χ0v) is 26.4. The van der Waals surface area contributed by atoms with E-state index in [4.69, 9.17) is 67.4 Å². The molecule has 0 saturated carbocycles. The topological polar surface area (TPSA) is 264 Å². The van der Waals surface area contributed by atoms with Gasteiger partial charge in [0.15, 0.2) is 41.3 Å². The first-order valence-electron chi connectivity index (χ1n) is 13.4. The molecular formula is C21H23FN10O10P2S2. The Kier molecular flexibility index (Phi) is 7.13. The number of halogens is 1. The highest BCUT2D eigenvalue weighted by molar-refractivity contribution is 8.07. The number of ether oxygens (including phenoxy) is 3. The van der Waals surface area contributed by atoms with Crippen molar-refractivity contribution in [3.05, 3.63) is 29.3 Å². The average molecular weight is 721 g/mol. The Morgan fingerprint density at radius 2 is 1.72 bits per heavy atom. The van der Waals surface area contributed by atoms with Crippen LogP contribution in [0.2, 0.25) is 0 Å². The number of nitrogen functional groups attached to an aromatic ring is 2. The van der Waals surface area contributed by atoms with E-state index in [1.54, 1.807) is 4.57 Å². The molecule has 25 heteroatoms. The molecule has 2 unspecified atom stereocenters. The molecular weight excluding hydrogens is 697 g/mol. The maximum Gasteiger partial charge on any atom is 0.325 e. The minimum atomic E-state index is -4.30. The monoisotopic (exact) mass is 720 g/mol. The molecule has 4 aromatic heterocycles. The predicted octanol–water partition coefficient (Wildman–Crippen LogP) is -0.723. The van der Waals surface area contributed by atoms with Crippen LogP contribution >= 0.6 is 13.4 Å². The van der Waals surface area contributed by atoms with Crippen molar-refractivity contribution in [2.45, 2.75) is 48.6 Å². The van der Waals surface area contributed by atoms with E-state index >= 15 is 4.39 Å². The number of hydrogen-bond donors (Lipinski definition) is 5. The fourth-order valence-electron chi connectivity index (χ4n) is 5.94. The van der Waals surface area contributed by atoms with Crippen LogP contribution in [0.25, 0.3) is 22.3 Å². The molecule has 20 nitrogen and oxygen atoms in total. The van der Waals surface area contributed by atoms with Gasteiger partial charge < -0.3 is 44.5 Å². The standard InChI is InChI=1S/C21H23FN10O10P2S2/c22-8-7-1-37-43(34,45)42-13-12-19(31-5-27-9-14(23)25-4-26-15(9)31)40-21(13,2-36-12)3-38-44(35,46)41-11(8)18(39-7)32-6-28-10-16(32)29-20(24)30-17(10)33/h4-8,11-13,18-19H,1-3H2,(H,34,45)(H,35,46)(H2,23,25,26)(H3,24,29,30,33)/t7-,8-,11-,12-,13+,18-,19-,21-,43?,44?/m1/s1. The quantitative estimate of drug-likeness (QED) is 0.160. The number of H-pyrrole nitrogens is 1. The second-order valence-corrected chi connectivity index (χ2v) is 16.4. The molecule has 0 spiro atoms. The van der Waals surface area contributed by atoms with Crippen molar-refractivity contribution in [1.82, 2.24) is 39.0 Å². The number of nitrogens with one attached hydrogen (secondary N) is 1. The Bertz CT molecular complexity index is 2040. The lowest BCUT2D eigenvalue weighted by Crippen LogP contribution is -2.45. The molecule has 4 bridgehead atoms. The Morgan fingerprint density at radius 3 is 2.52 bits per heavy atom. The predicted molar refractivity (Wildman–Crippen MR) is 158 cm³/mol. The third kappa shape index (κ3) is 4.89. The van der Waals surface area contributed by atoms with E-state index < -0.39 is 80.9 Å². The number of alkyl halides is 1. The number of anilines is 2. The van der Waals surface area contributed by atoms with Crippen molar-refractivity contribution < 1.29 is 46.5 Å². The molecule has 4 aliphatic rings. The fraction of sp³-hybridized carbons (Fsp3) is 0.524. The van der Waals surface area contributed by atoms with E-state index in [2.05, 4.69) is 29.9 Å². The van der Waals surface area contributed by atoms with Crippen molar-refractivity contribution in [2.24, 2.45) is 0 Å². The largest absolute Gasteiger partial charge is 0.382 e. The minimum absolute atomic E-state index is 0.0576. The number of rotatable bonds is 2. The summed E-state index contributed by atoms with van der Waals surface area (Å²) in [5.41, 5.74) is 9.96. The second kappa shape index (κ2) is 10.7. The molecule has 0 radical (unpaired) electrons. The van der Waals surface area contributed by atoms with Crippen LogP contribution in [0.4, 0.5) is 16.2 Å². The summed E-state index contributed by atoms with van der Waals surface area (Å²) in [5, 5.41) is 0. The van der Waals surface area contributed by atoms with Gasteiger partial charge in [-0.15, -0.1) is 0 Å². The summed E-state index contributed by atoms with van der Waals surface area (Å²) in [6.45, 7) is -9.71. The van der Waals surface area contributed by atoms with Crippen molar-refractivity contribution >= 4 is 71.1 Å². The highest BCUT2D eigenvalue weighted by Gasteiger charge is 2.65. The van der Waals surface area contributed by atoms with Crippen molar-refractivity contribution in [3.63, 3.8) is 0 Å². The molecule has 4 aliphatic heterocycles. The first kappa shape index (κ1) is 30.7. The summed E-state index contributed by atoms with van der Waals surface area (Å²) in [4.78, 5) is 57.6. The Hall–Kier alpha value is -2.63. The third-order valence-electron chi connectivity index (χ3n) is 8.00. The van der Waals surface area contributed by atoms with Gasteiger partial charge >= 0.3 is 13.4 Å². The smallest absolute Gasteiger partial charge is 0.325 e. The molecule has 0 aliphatic carbocycles. The maximum atomic E-state index is 16.0. The first-order chi connectivity index (χ1) is 21.8. The molecule has 4 fully saturated rings. The van der Waals surface area contributed by atoms with Crippen LogP contribution in [0.3, 0.4) is 0 Å². The van der Waals surface area contributed by atoms with Gasteiger partial charge in [-0.05, 0) is 23.6 Å². The lowest BCUT2D eigenvalue weighted by Gasteiger charge is -2.33. The number of fused-ring (bicyclic) bond motifs is 4. The Morgan fingerprint density at radius 1 is 0.978 bits per heavy atom. The van der Waals surface area contributed by atoms with E-state index in [1.165, 1.54) is 17.2 Å². The number of hydrogen-bond acceptors (Lipinski definition) is 17. The molecule has 8 rings (SSSR count). The molecule has 4 saturated heterocycles. The van der Waals surface area contributed by atoms with E-state index in [-0.39, 0.29) is 29.5 Å². The summed E-state index contributed by atoms with van der Waals surface area (Å²) in [7, 11) is 0. The molecule has 4 aromatic rings. The summed E-state index contributed by atoms with van der Waals surface area (Å²) < 4.78 is 60.0. The van der Waals surface area contributed by atoms with Crippen LogP contribution in [-0.2, 0) is 55.9 Å². The van der Waals surface area contributed by atoms with Gasteiger partial charge in [0.1, 0.15) is 41.9 Å². The lowest BCUT2D eigenvalue weighted by molar-refractivity contribution is -0.183. The van der Waals surface area contributed by atoms with Gasteiger partial charge in [0.05, 0.1) is 32.5 Å². The van der Waals surface area contributed by atoms with E-state index in [1.807, 2.05) is 0 Å².